The van der Waals surface area contributed by atoms with Crippen molar-refractivity contribution in [2.45, 2.75) is 43.8 Å². The van der Waals surface area contributed by atoms with Crippen LogP contribution in [0.25, 0.3) is 0 Å². The Bertz CT molecular complexity index is 594. The zero-order valence-corrected chi connectivity index (χ0v) is 13.9. The van der Waals surface area contributed by atoms with Crippen molar-refractivity contribution in [2.24, 2.45) is 5.73 Å². The summed E-state index contributed by atoms with van der Waals surface area (Å²) in [5.41, 5.74) is 4.30. The molecule has 0 saturated carbocycles. The molecule has 2 rings (SSSR count). The van der Waals surface area contributed by atoms with Gasteiger partial charge in [0.15, 0.2) is 0 Å². The average molecular weight is 344 g/mol. The topological polar surface area (TPSA) is 64.4 Å². The van der Waals surface area contributed by atoms with Crippen LogP contribution >= 0.6 is 0 Å². The fourth-order valence-corrected chi connectivity index (χ4v) is 2.66. The number of hydrogen-bond donors (Lipinski definition) is 2. The number of amides is 1. The first-order chi connectivity index (χ1) is 11.0. The molecule has 1 saturated heterocycles. The molecular formula is C17H23F3N2O2. The first-order valence-corrected chi connectivity index (χ1v) is 7.87. The fraction of sp³-hybridized carbons (Fsp3) is 0.588. The first-order valence-electron chi connectivity index (χ1n) is 7.87. The van der Waals surface area contributed by atoms with E-state index in [0.717, 1.165) is 12.1 Å². The molecule has 0 aromatic heterocycles. The van der Waals surface area contributed by atoms with Crippen LogP contribution in [0, 0.1) is 0 Å². The third kappa shape index (κ3) is 4.27. The molecule has 4 nitrogen and oxygen atoms in total. The van der Waals surface area contributed by atoms with Gasteiger partial charge in [-0.25, -0.2) is 0 Å². The Kier molecular flexibility index (Phi) is 5.25. The van der Waals surface area contributed by atoms with Crippen LogP contribution in [0.15, 0.2) is 24.3 Å². The smallest absolute Gasteiger partial charge is 0.381 e. The van der Waals surface area contributed by atoms with E-state index in [-0.39, 0.29) is 12.5 Å². The number of halogens is 3. The summed E-state index contributed by atoms with van der Waals surface area (Å²) in [5.74, 6) is -0.286. The van der Waals surface area contributed by atoms with E-state index in [1.165, 1.54) is 6.07 Å². The van der Waals surface area contributed by atoms with Gasteiger partial charge in [0.25, 0.3) is 0 Å². The number of benzene rings is 1. The molecule has 0 radical (unpaired) electrons. The Morgan fingerprint density at radius 3 is 2.42 bits per heavy atom. The minimum absolute atomic E-state index is 0.201. The molecule has 1 aromatic rings. The molecule has 1 aliphatic rings. The summed E-state index contributed by atoms with van der Waals surface area (Å²) in [7, 11) is 0. The van der Waals surface area contributed by atoms with Crippen molar-refractivity contribution in [1.82, 2.24) is 5.32 Å². The maximum atomic E-state index is 12.9. The van der Waals surface area contributed by atoms with E-state index in [1.54, 1.807) is 19.9 Å². The number of hydrogen-bond acceptors (Lipinski definition) is 3. The molecule has 1 amide bonds. The summed E-state index contributed by atoms with van der Waals surface area (Å²) in [6, 6.07) is 5.17. The Morgan fingerprint density at radius 2 is 1.83 bits per heavy atom. The highest BCUT2D eigenvalue weighted by molar-refractivity contribution is 5.86. The molecule has 0 aliphatic carbocycles. The predicted octanol–water partition coefficient (Wildman–Crippen LogP) is 2.61. The van der Waals surface area contributed by atoms with Crippen molar-refractivity contribution in [2.75, 3.05) is 19.8 Å². The van der Waals surface area contributed by atoms with Crippen LogP contribution in [0.2, 0.25) is 0 Å². The van der Waals surface area contributed by atoms with Gasteiger partial charge in [-0.05, 0) is 24.5 Å². The van der Waals surface area contributed by atoms with Gasteiger partial charge in [0.05, 0.1) is 11.1 Å². The molecule has 7 heteroatoms. The summed E-state index contributed by atoms with van der Waals surface area (Å²) in [5, 5.41) is 2.79. The van der Waals surface area contributed by atoms with Crippen LogP contribution in [0.1, 0.15) is 37.8 Å². The number of carbonyl (C=O) groups is 1. The van der Waals surface area contributed by atoms with E-state index >= 15 is 0 Å². The number of rotatable bonds is 4. The Morgan fingerprint density at radius 1 is 1.25 bits per heavy atom. The van der Waals surface area contributed by atoms with Crippen LogP contribution in [0.3, 0.4) is 0 Å². The number of carbonyl (C=O) groups excluding carboxylic acids is 1. The van der Waals surface area contributed by atoms with Crippen molar-refractivity contribution in [1.29, 1.82) is 0 Å². The van der Waals surface area contributed by atoms with Crippen LogP contribution in [0.4, 0.5) is 13.2 Å². The van der Waals surface area contributed by atoms with E-state index in [4.69, 9.17) is 10.5 Å². The molecular weight excluding hydrogens is 321 g/mol. The van der Waals surface area contributed by atoms with Crippen molar-refractivity contribution in [3.63, 3.8) is 0 Å². The van der Waals surface area contributed by atoms with Crippen molar-refractivity contribution >= 4 is 5.91 Å². The van der Waals surface area contributed by atoms with Crippen molar-refractivity contribution in [3.05, 3.63) is 35.4 Å². The highest BCUT2D eigenvalue weighted by Gasteiger charge is 2.37. The van der Waals surface area contributed by atoms with Gasteiger partial charge < -0.3 is 15.8 Å². The molecule has 0 bridgehead atoms. The zero-order valence-electron chi connectivity index (χ0n) is 13.9. The van der Waals surface area contributed by atoms with Crippen molar-refractivity contribution < 1.29 is 22.7 Å². The van der Waals surface area contributed by atoms with E-state index in [2.05, 4.69) is 5.32 Å². The van der Waals surface area contributed by atoms with Gasteiger partial charge in [0, 0.05) is 25.2 Å². The van der Waals surface area contributed by atoms with Gasteiger partial charge in [0.2, 0.25) is 5.91 Å². The Balaban J connectivity index is 2.07. The molecule has 3 N–H and O–H groups in total. The minimum atomic E-state index is -4.39. The number of nitrogens with two attached hydrogens (primary N) is 1. The van der Waals surface area contributed by atoms with Crippen LogP contribution < -0.4 is 11.1 Å². The zero-order chi connectivity index (χ0) is 18.0. The molecule has 24 heavy (non-hydrogen) atoms. The van der Waals surface area contributed by atoms with E-state index < -0.39 is 22.7 Å². The number of ether oxygens (including phenoxy) is 1. The minimum Gasteiger partial charge on any atom is -0.381 e. The largest absolute Gasteiger partial charge is 0.416 e. The summed E-state index contributed by atoms with van der Waals surface area (Å²) in [4.78, 5) is 12.4. The lowest BCUT2D eigenvalue weighted by molar-refractivity contribution is -0.137. The molecule has 1 aromatic carbocycles. The molecule has 0 unspecified atom stereocenters. The third-order valence-electron chi connectivity index (χ3n) is 4.50. The van der Waals surface area contributed by atoms with Crippen molar-refractivity contribution in [3.8, 4) is 0 Å². The van der Waals surface area contributed by atoms with Gasteiger partial charge >= 0.3 is 6.18 Å². The van der Waals surface area contributed by atoms with Crippen LogP contribution in [-0.2, 0) is 21.1 Å². The first kappa shape index (κ1) is 18.7. The SMILES string of the molecule is CC(C)(CNC(=O)C1(N)CCOCC1)c1cccc(C(F)(F)F)c1. The number of alkyl halides is 3. The summed E-state index contributed by atoms with van der Waals surface area (Å²) >= 11 is 0. The molecule has 1 aliphatic heterocycles. The van der Waals surface area contributed by atoms with Crippen LogP contribution in [-0.4, -0.2) is 31.2 Å². The maximum absolute atomic E-state index is 12.9. The highest BCUT2D eigenvalue weighted by atomic mass is 19.4. The van der Waals surface area contributed by atoms with Gasteiger partial charge in [-0.2, -0.15) is 13.2 Å². The molecule has 134 valence electrons. The van der Waals surface area contributed by atoms with E-state index in [1.807, 2.05) is 0 Å². The quantitative estimate of drug-likeness (QED) is 0.882. The lowest BCUT2D eigenvalue weighted by Gasteiger charge is -2.34. The Labute approximate surface area is 139 Å². The second-order valence-corrected chi connectivity index (χ2v) is 6.91. The number of nitrogens with one attached hydrogen (secondary N) is 1. The summed E-state index contributed by atoms with van der Waals surface area (Å²) in [6.07, 6.45) is -3.52. The average Bonchev–Trinajstić information content (AvgIpc) is 2.52. The van der Waals surface area contributed by atoms with Gasteiger partial charge in [-0.3, -0.25) is 4.79 Å². The summed E-state index contributed by atoms with van der Waals surface area (Å²) in [6.45, 7) is 4.64. The predicted molar refractivity (Wildman–Crippen MR) is 84.5 cm³/mol. The van der Waals surface area contributed by atoms with E-state index in [9.17, 15) is 18.0 Å². The maximum Gasteiger partial charge on any atom is 0.416 e. The Hall–Kier alpha value is -1.60. The molecule has 0 atom stereocenters. The van der Waals surface area contributed by atoms with Gasteiger partial charge in [-0.1, -0.05) is 32.0 Å². The standard InChI is InChI=1S/C17H23F3N2O2/c1-15(2,12-4-3-5-13(10-12)17(18,19)20)11-22-14(23)16(21)6-8-24-9-7-16/h3-5,10H,6-9,11,21H2,1-2H3,(H,22,23). The molecule has 1 heterocycles. The van der Waals surface area contributed by atoms with Gasteiger partial charge in [-0.15, -0.1) is 0 Å². The normalized spacial score (nSPS) is 18.2. The molecule has 1 fully saturated rings. The second kappa shape index (κ2) is 6.72. The van der Waals surface area contributed by atoms with Gasteiger partial charge in [0.1, 0.15) is 0 Å². The highest BCUT2D eigenvalue weighted by Crippen LogP contribution is 2.32. The monoisotopic (exact) mass is 344 g/mol. The second-order valence-electron chi connectivity index (χ2n) is 6.91. The fourth-order valence-electron chi connectivity index (χ4n) is 2.66. The summed E-state index contributed by atoms with van der Waals surface area (Å²) < 4.78 is 43.8. The molecule has 0 spiro atoms. The lowest BCUT2D eigenvalue weighted by atomic mass is 9.83. The van der Waals surface area contributed by atoms with E-state index in [0.29, 0.717) is 31.6 Å². The van der Waals surface area contributed by atoms with Crippen LogP contribution in [0.5, 0.6) is 0 Å². The lowest BCUT2D eigenvalue weighted by Crippen LogP contribution is -2.58. The third-order valence-corrected chi connectivity index (χ3v) is 4.50.